The van der Waals surface area contributed by atoms with E-state index >= 15 is 0 Å². The van der Waals surface area contributed by atoms with Crippen molar-refractivity contribution in [2.75, 3.05) is 19.4 Å². The van der Waals surface area contributed by atoms with Crippen molar-refractivity contribution in [3.8, 4) is 11.5 Å². The molecule has 1 atom stereocenters. The number of benzene rings is 3. The highest BCUT2D eigenvalue weighted by atomic mass is 32.2. The van der Waals surface area contributed by atoms with Gasteiger partial charge in [-0.1, -0.05) is 48.5 Å². The zero-order valence-electron chi connectivity index (χ0n) is 16.3. The molecule has 1 amide bonds. The smallest absolute Gasteiger partial charge is 0.255 e. The van der Waals surface area contributed by atoms with Crippen LogP contribution in [0.2, 0.25) is 0 Å². The predicted octanol–water partition coefficient (Wildman–Crippen LogP) is 5.16. The third kappa shape index (κ3) is 4.57. The van der Waals surface area contributed by atoms with Gasteiger partial charge in [0.15, 0.2) is 0 Å². The number of thioether (sulfide) groups is 1. The first-order valence-electron chi connectivity index (χ1n) is 9.58. The minimum atomic E-state index is 0.0110. The minimum Gasteiger partial charge on any atom is -0.497 e. The summed E-state index contributed by atoms with van der Waals surface area (Å²) in [5.74, 6) is 2.47. The first kappa shape index (κ1) is 19.4. The lowest BCUT2D eigenvalue weighted by Crippen LogP contribution is -2.30. The molecule has 0 spiro atoms. The van der Waals surface area contributed by atoms with Gasteiger partial charge in [0, 0.05) is 17.9 Å². The second-order valence-electron chi connectivity index (χ2n) is 6.80. The third-order valence-corrected chi connectivity index (χ3v) is 6.14. The van der Waals surface area contributed by atoms with Crippen molar-refractivity contribution in [1.29, 1.82) is 0 Å². The maximum Gasteiger partial charge on any atom is 0.255 e. The van der Waals surface area contributed by atoms with Crippen LogP contribution in [-0.2, 0) is 6.61 Å². The number of nitrogens with zero attached hydrogens (tertiary/aromatic N) is 1. The number of hydrogen-bond acceptors (Lipinski definition) is 4. The van der Waals surface area contributed by atoms with Gasteiger partial charge in [0.1, 0.15) is 23.5 Å². The molecule has 4 rings (SSSR count). The summed E-state index contributed by atoms with van der Waals surface area (Å²) >= 11 is 1.79. The third-order valence-electron chi connectivity index (χ3n) is 4.88. The van der Waals surface area contributed by atoms with E-state index in [1.807, 2.05) is 65.6 Å². The minimum absolute atomic E-state index is 0.0110. The molecule has 3 aromatic rings. The highest BCUT2D eigenvalue weighted by Crippen LogP contribution is 2.39. The van der Waals surface area contributed by atoms with Gasteiger partial charge in [-0.25, -0.2) is 0 Å². The molecular formula is C24H23NO3S. The highest BCUT2D eigenvalue weighted by molar-refractivity contribution is 7.99. The lowest BCUT2D eigenvalue weighted by Gasteiger charge is -2.24. The van der Waals surface area contributed by atoms with Crippen molar-refractivity contribution in [3.05, 3.63) is 95.6 Å². The van der Waals surface area contributed by atoms with E-state index in [0.717, 1.165) is 29.2 Å². The van der Waals surface area contributed by atoms with Crippen molar-refractivity contribution >= 4 is 17.7 Å². The molecule has 0 radical (unpaired) electrons. The Bertz CT molecular complexity index is 959. The van der Waals surface area contributed by atoms with Gasteiger partial charge in [-0.15, -0.1) is 11.8 Å². The maximum atomic E-state index is 13.1. The Balaban J connectivity index is 1.45. The van der Waals surface area contributed by atoms with Crippen LogP contribution < -0.4 is 9.47 Å². The lowest BCUT2D eigenvalue weighted by atomic mass is 10.1. The van der Waals surface area contributed by atoms with E-state index < -0.39 is 0 Å². The average molecular weight is 406 g/mol. The van der Waals surface area contributed by atoms with E-state index in [0.29, 0.717) is 17.9 Å². The Morgan fingerprint density at radius 2 is 1.79 bits per heavy atom. The Kier molecular flexibility index (Phi) is 6.06. The molecule has 148 valence electrons. The van der Waals surface area contributed by atoms with Crippen LogP contribution in [0.3, 0.4) is 0 Å². The monoisotopic (exact) mass is 405 g/mol. The predicted molar refractivity (Wildman–Crippen MR) is 116 cm³/mol. The fourth-order valence-electron chi connectivity index (χ4n) is 3.35. The molecule has 1 aliphatic rings. The molecule has 1 aliphatic heterocycles. The van der Waals surface area contributed by atoms with E-state index in [-0.39, 0.29) is 11.3 Å². The Hall–Kier alpha value is -2.92. The lowest BCUT2D eigenvalue weighted by molar-refractivity contribution is 0.0760. The van der Waals surface area contributed by atoms with Crippen molar-refractivity contribution in [2.45, 2.75) is 12.0 Å². The van der Waals surface area contributed by atoms with Crippen LogP contribution in [0.1, 0.15) is 26.9 Å². The van der Waals surface area contributed by atoms with Crippen molar-refractivity contribution in [1.82, 2.24) is 4.90 Å². The molecule has 4 nitrogen and oxygen atoms in total. The number of amides is 1. The van der Waals surface area contributed by atoms with Gasteiger partial charge >= 0.3 is 0 Å². The SMILES string of the molecule is COc1cccc(C(=O)N2CCSC2c2ccc(OCc3ccccc3)cc2)c1. The van der Waals surface area contributed by atoms with Crippen LogP contribution in [0.5, 0.6) is 11.5 Å². The number of rotatable bonds is 6. The van der Waals surface area contributed by atoms with Gasteiger partial charge < -0.3 is 14.4 Å². The molecule has 0 bridgehead atoms. The Morgan fingerprint density at radius 3 is 2.55 bits per heavy atom. The number of carbonyl (C=O) groups is 1. The summed E-state index contributed by atoms with van der Waals surface area (Å²) in [6.45, 7) is 1.27. The molecule has 3 aromatic carbocycles. The molecule has 0 aliphatic carbocycles. The zero-order valence-corrected chi connectivity index (χ0v) is 17.1. The van der Waals surface area contributed by atoms with Gasteiger partial charge in [0.05, 0.1) is 7.11 Å². The van der Waals surface area contributed by atoms with Crippen LogP contribution in [0.25, 0.3) is 0 Å². The molecular weight excluding hydrogens is 382 g/mol. The Labute approximate surface area is 175 Å². The summed E-state index contributed by atoms with van der Waals surface area (Å²) in [7, 11) is 1.61. The largest absolute Gasteiger partial charge is 0.497 e. The maximum absolute atomic E-state index is 13.1. The molecule has 5 heteroatoms. The quantitative estimate of drug-likeness (QED) is 0.568. The first-order valence-corrected chi connectivity index (χ1v) is 10.6. The molecule has 29 heavy (non-hydrogen) atoms. The Morgan fingerprint density at radius 1 is 1.00 bits per heavy atom. The van der Waals surface area contributed by atoms with Crippen molar-refractivity contribution in [3.63, 3.8) is 0 Å². The van der Waals surface area contributed by atoms with E-state index in [2.05, 4.69) is 12.1 Å². The van der Waals surface area contributed by atoms with Crippen LogP contribution >= 0.6 is 11.8 Å². The molecule has 0 saturated carbocycles. The molecule has 1 heterocycles. The van der Waals surface area contributed by atoms with Crippen LogP contribution in [0.4, 0.5) is 0 Å². The average Bonchev–Trinajstić information content (AvgIpc) is 3.28. The first-order chi connectivity index (χ1) is 14.2. The van der Waals surface area contributed by atoms with Crippen molar-refractivity contribution < 1.29 is 14.3 Å². The molecule has 1 saturated heterocycles. The second kappa shape index (κ2) is 9.05. The second-order valence-corrected chi connectivity index (χ2v) is 7.99. The summed E-state index contributed by atoms with van der Waals surface area (Å²) < 4.78 is 11.1. The van der Waals surface area contributed by atoms with E-state index in [1.165, 1.54) is 0 Å². The molecule has 0 N–H and O–H groups in total. The number of ether oxygens (including phenoxy) is 2. The van der Waals surface area contributed by atoms with Gasteiger partial charge in [-0.05, 0) is 41.5 Å². The zero-order chi connectivity index (χ0) is 20.1. The summed E-state index contributed by atoms with van der Waals surface area (Å²) in [4.78, 5) is 15.0. The number of carbonyl (C=O) groups excluding carboxylic acids is 1. The fourth-order valence-corrected chi connectivity index (χ4v) is 4.60. The summed E-state index contributed by atoms with van der Waals surface area (Å²) in [5, 5.41) is 0.0110. The van der Waals surface area contributed by atoms with Crippen LogP contribution in [0.15, 0.2) is 78.9 Å². The van der Waals surface area contributed by atoms with Crippen molar-refractivity contribution in [2.24, 2.45) is 0 Å². The van der Waals surface area contributed by atoms with Gasteiger partial charge in [-0.3, -0.25) is 4.79 Å². The number of hydrogen-bond donors (Lipinski definition) is 0. The standard InChI is InChI=1S/C24H23NO3S/c1-27-22-9-5-8-20(16-22)23(26)25-14-15-29-24(25)19-10-12-21(13-11-19)28-17-18-6-3-2-4-7-18/h2-13,16,24H,14-15,17H2,1H3. The van der Waals surface area contributed by atoms with Gasteiger partial charge in [0.25, 0.3) is 5.91 Å². The van der Waals surface area contributed by atoms with E-state index in [4.69, 9.17) is 9.47 Å². The topological polar surface area (TPSA) is 38.8 Å². The summed E-state index contributed by atoms with van der Waals surface area (Å²) in [6, 6.07) is 25.5. The van der Waals surface area contributed by atoms with Gasteiger partial charge in [0.2, 0.25) is 0 Å². The molecule has 1 unspecified atom stereocenters. The van der Waals surface area contributed by atoms with E-state index in [9.17, 15) is 4.79 Å². The van der Waals surface area contributed by atoms with Crippen LogP contribution in [0, 0.1) is 0 Å². The fraction of sp³-hybridized carbons (Fsp3) is 0.208. The molecule has 0 aromatic heterocycles. The van der Waals surface area contributed by atoms with Gasteiger partial charge in [-0.2, -0.15) is 0 Å². The molecule has 1 fully saturated rings. The normalized spacial score (nSPS) is 15.9. The summed E-state index contributed by atoms with van der Waals surface area (Å²) in [6.07, 6.45) is 0. The highest BCUT2D eigenvalue weighted by Gasteiger charge is 2.31. The number of methoxy groups -OCH3 is 1. The van der Waals surface area contributed by atoms with Crippen LogP contribution in [-0.4, -0.2) is 30.2 Å². The summed E-state index contributed by atoms with van der Waals surface area (Å²) in [5.41, 5.74) is 2.90. The van der Waals surface area contributed by atoms with E-state index in [1.54, 1.807) is 24.9 Å².